The molecule has 0 radical (unpaired) electrons. The molecule has 0 heterocycles. The number of nitrogens with one attached hydrogen (secondary N) is 5. The van der Waals surface area contributed by atoms with Crippen LogP contribution in [0.5, 0.6) is 0 Å². The molecule has 0 aliphatic carbocycles. The van der Waals surface area contributed by atoms with Crippen LogP contribution < -0.4 is 32.3 Å². The average Bonchev–Trinajstić information content (AvgIpc) is 2.95. The number of benzene rings is 1. The molecule has 6 amide bonds. The van der Waals surface area contributed by atoms with Crippen LogP contribution in [0.25, 0.3) is 0 Å². The van der Waals surface area contributed by atoms with Gasteiger partial charge in [0.2, 0.25) is 35.4 Å². The number of hydrogen-bond acceptors (Lipinski definition) is 7. The van der Waals surface area contributed by atoms with Gasteiger partial charge in [-0.05, 0) is 44.1 Å². The van der Waals surface area contributed by atoms with Gasteiger partial charge in [-0.15, -0.1) is 0 Å². The van der Waals surface area contributed by atoms with Gasteiger partial charge < -0.3 is 41.9 Å². The number of nitrogens with two attached hydrogens (primary N) is 1. The van der Waals surface area contributed by atoms with Crippen molar-refractivity contribution in [1.82, 2.24) is 26.6 Å². The molecule has 5 atom stereocenters. The van der Waals surface area contributed by atoms with E-state index in [0.29, 0.717) is 10.9 Å². The van der Waals surface area contributed by atoms with Crippen LogP contribution in [-0.4, -0.2) is 110 Å². The fourth-order valence-corrected chi connectivity index (χ4v) is 4.64. The van der Waals surface area contributed by atoms with Gasteiger partial charge in [-0.25, -0.2) is 0 Å². The summed E-state index contributed by atoms with van der Waals surface area (Å²) in [4.78, 5) is 76.3. The Bertz CT molecular complexity index is 1170. The Labute approximate surface area is 272 Å². The van der Waals surface area contributed by atoms with Crippen molar-refractivity contribution in [3.05, 3.63) is 35.9 Å². The molecule has 0 aromatic heterocycles. The summed E-state index contributed by atoms with van der Waals surface area (Å²) < 4.78 is 0.715. The summed E-state index contributed by atoms with van der Waals surface area (Å²) in [6, 6.07) is 3.69. The zero-order valence-electron chi connectivity index (χ0n) is 28.2. The van der Waals surface area contributed by atoms with E-state index < -0.39 is 72.3 Å². The average molecular weight is 649 g/mol. The van der Waals surface area contributed by atoms with E-state index in [1.165, 1.54) is 13.8 Å². The summed E-state index contributed by atoms with van der Waals surface area (Å²) in [7, 11) is 6.11. The van der Waals surface area contributed by atoms with Gasteiger partial charge in [0.1, 0.15) is 30.2 Å². The molecule has 0 bridgehead atoms. The topological polar surface area (TPSA) is 209 Å². The summed E-state index contributed by atoms with van der Waals surface area (Å²) in [5, 5.41) is 22.5. The predicted molar refractivity (Wildman–Crippen MR) is 174 cm³/mol. The molecular formula is C32H54N7O7+. The van der Waals surface area contributed by atoms with Crippen LogP contribution in [0, 0.1) is 5.92 Å². The molecule has 0 aliphatic heterocycles. The molecule has 0 spiro atoms. The lowest BCUT2D eigenvalue weighted by atomic mass is 10.0. The minimum Gasteiger partial charge on any atom is -0.394 e. The first-order valence-electron chi connectivity index (χ1n) is 15.7. The van der Waals surface area contributed by atoms with Gasteiger partial charge in [0, 0.05) is 13.3 Å². The fraction of sp³-hybridized carbons (Fsp3) is 0.625. The molecule has 0 saturated heterocycles. The van der Waals surface area contributed by atoms with Crippen LogP contribution in [0.3, 0.4) is 0 Å². The molecule has 0 fully saturated rings. The zero-order chi connectivity index (χ0) is 35.0. The minimum absolute atomic E-state index is 0.0265. The first-order valence-corrected chi connectivity index (χ1v) is 15.7. The molecule has 14 heteroatoms. The van der Waals surface area contributed by atoms with Crippen LogP contribution in [0.15, 0.2) is 30.3 Å². The lowest BCUT2D eigenvalue weighted by Gasteiger charge is -2.27. The van der Waals surface area contributed by atoms with Crippen LogP contribution in [0.2, 0.25) is 0 Å². The number of hydrogen-bond donors (Lipinski definition) is 7. The van der Waals surface area contributed by atoms with Crippen LogP contribution in [0.4, 0.5) is 0 Å². The molecule has 46 heavy (non-hydrogen) atoms. The van der Waals surface area contributed by atoms with Crippen molar-refractivity contribution < 1.29 is 38.4 Å². The van der Waals surface area contributed by atoms with E-state index in [2.05, 4.69) is 26.6 Å². The number of rotatable bonds is 20. The Hall–Kier alpha value is -4.04. The van der Waals surface area contributed by atoms with Crippen molar-refractivity contribution in [3.63, 3.8) is 0 Å². The molecule has 14 nitrogen and oxygen atoms in total. The van der Waals surface area contributed by atoms with Crippen molar-refractivity contribution in [2.75, 3.05) is 34.3 Å². The van der Waals surface area contributed by atoms with Gasteiger partial charge in [-0.3, -0.25) is 28.8 Å². The first-order chi connectivity index (χ1) is 21.4. The third-order valence-electron chi connectivity index (χ3n) is 7.12. The molecule has 258 valence electrons. The minimum atomic E-state index is -1.32. The highest BCUT2D eigenvalue weighted by Gasteiger charge is 2.31. The molecule has 1 aromatic rings. The van der Waals surface area contributed by atoms with Crippen LogP contribution in [-0.2, 0) is 35.2 Å². The Morgan fingerprint density at radius 3 is 1.80 bits per heavy atom. The third kappa shape index (κ3) is 15.8. The molecule has 1 aromatic carbocycles. The second-order valence-corrected chi connectivity index (χ2v) is 13.1. The van der Waals surface area contributed by atoms with Crippen LogP contribution in [0.1, 0.15) is 58.9 Å². The number of quaternary nitrogens is 1. The van der Waals surface area contributed by atoms with E-state index in [4.69, 9.17) is 5.73 Å². The first kappa shape index (κ1) is 40.0. The summed E-state index contributed by atoms with van der Waals surface area (Å²) in [5.41, 5.74) is 6.09. The standard InChI is InChI=1S/C32H53N7O7/c1-20(2)17-25(32(46)36-24(15-11-12-16-39(5,6)7)30(44)38-27(19-40)28(33)42)37-29(43)21(3)34-31(45)26(35-22(4)41)18-23-13-9-8-10-14-23/h8-10,13-14,20-21,24-27,40H,11-12,15-19H2,1-7H3,(H6-,33,34,35,36,37,38,41,42,43,44,45,46)/p+1/t21-,24-,25-,26-,27+/m0/s1. The Morgan fingerprint density at radius 1 is 0.739 bits per heavy atom. The van der Waals surface area contributed by atoms with Gasteiger partial charge in [0.25, 0.3) is 0 Å². The van der Waals surface area contributed by atoms with Crippen molar-refractivity contribution >= 4 is 35.4 Å². The highest BCUT2D eigenvalue weighted by atomic mass is 16.3. The molecule has 1 rings (SSSR count). The van der Waals surface area contributed by atoms with Crippen molar-refractivity contribution in [1.29, 1.82) is 0 Å². The van der Waals surface area contributed by atoms with Crippen molar-refractivity contribution in [3.8, 4) is 0 Å². The molecule has 0 aliphatic rings. The normalized spacial score (nSPS) is 14.6. The number of carbonyl (C=O) groups is 6. The number of nitrogens with zero attached hydrogens (tertiary/aromatic N) is 1. The molecule has 0 saturated carbocycles. The zero-order valence-corrected chi connectivity index (χ0v) is 28.2. The van der Waals surface area contributed by atoms with Gasteiger partial charge in [0.15, 0.2) is 0 Å². The summed E-state index contributed by atoms with van der Waals surface area (Å²) >= 11 is 0. The number of aliphatic hydroxyl groups excluding tert-OH is 1. The number of unbranched alkanes of at least 4 members (excludes halogenated alkanes) is 1. The Kier molecular flexibility index (Phi) is 16.9. The summed E-state index contributed by atoms with van der Waals surface area (Å²) in [5.74, 6) is -3.85. The summed E-state index contributed by atoms with van der Waals surface area (Å²) in [6.07, 6.45) is 2.03. The highest BCUT2D eigenvalue weighted by molar-refractivity contribution is 5.96. The third-order valence-corrected chi connectivity index (χ3v) is 7.12. The quantitative estimate of drug-likeness (QED) is 0.0699. The van der Waals surface area contributed by atoms with Crippen LogP contribution >= 0.6 is 0 Å². The SMILES string of the molecule is CC(=O)N[C@@H](Cc1ccccc1)C(=O)N[C@@H](C)C(=O)N[C@@H](CC(C)C)C(=O)N[C@@H](CCCC[N+](C)(C)C)C(=O)N[C@H](CO)C(N)=O. The van der Waals surface area contributed by atoms with E-state index in [-0.39, 0.29) is 25.2 Å². The smallest absolute Gasteiger partial charge is 0.243 e. The van der Waals surface area contributed by atoms with E-state index in [9.17, 15) is 33.9 Å². The van der Waals surface area contributed by atoms with E-state index in [1.54, 1.807) is 0 Å². The lowest BCUT2D eigenvalue weighted by Crippen LogP contribution is -2.59. The second-order valence-electron chi connectivity index (χ2n) is 13.1. The Morgan fingerprint density at radius 2 is 1.28 bits per heavy atom. The van der Waals surface area contributed by atoms with E-state index in [1.807, 2.05) is 65.3 Å². The largest absolute Gasteiger partial charge is 0.394 e. The molecular weight excluding hydrogens is 594 g/mol. The Balaban J connectivity index is 3.04. The highest BCUT2D eigenvalue weighted by Crippen LogP contribution is 2.10. The van der Waals surface area contributed by atoms with Gasteiger partial charge >= 0.3 is 0 Å². The van der Waals surface area contributed by atoms with Gasteiger partial charge in [0.05, 0.1) is 34.3 Å². The maximum atomic E-state index is 13.5. The van der Waals surface area contributed by atoms with E-state index >= 15 is 0 Å². The number of aliphatic hydroxyl groups is 1. The monoisotopic (exact) mass is 648 g/mol. The van der Waals surface area contributed by atoms with E-state index in [0.717, 1.165) is 18.5 Å². The van der Waals surface area contributed by atoms with Crippen molar-refractivity contribution in [2.24, 2.45) is 11.7 Å². The maximum absolute atomic E-state index is 13.5. The number of primary amides is 1. The number of carbonyl (C=O) groups excluding carboxylic acids is 6. The lowest BCUT2D eigenvalue weighted by molar-refractivity contribution is -0.870. The maximum Gasteiger partial charge on any atom is 0.243 e. The fourth-order valence-electron chi connectivity index (χ4n) is 4.64. The molecule has 8 N–H and O–H groups in total. The number of amides is 6. The second kappa shape index (κ2) is 19.5. The van der Waals surface area contributed by atoms with Gasteiger partial charge in [-0.1, -0.05) is 44.2 Å². The summed E-state index contributed by atoms with van der Waals surface area (Å²) in [6.45, 7) is 6.62. The molecule has 0 unspecified atom stereocenters. The van der Waals surface area contributed by atoms with Crippen molar-refractivity contribution in [2.45, 2.75) is 90.0 Å². The van der Waals surface area contributed by atoms with Gasteiger partial charge in [-0.2, -0.15) is 0 Å². The predicted octanol–water partition coefficient (Wildman–Crippen LogP) is -0.907.